The van der Waals surface area contributed by atoms with Gasteiger partial charge in [-0.2, -0.15) is 0 Å². The number of nitrogens with zero attached hydrogens (tertiary/aromatic N) is 1. The predicted molar refractivity (Wildman–Crippen MR) is 116 cm³/mol. The first-order chi connectivity index (χ1) is 14.4. The Morgan fingerprint density at radius 2 is 1.90 bits per heavy atom. The number of carboxylic acids is 1. The summed E-state index contributed by atoms with van der Waals surface area (Å²) in [6.07, 6.45) is 3.80. The maximum atomic E-state index is 13.0. The minimum Gasteiger partial charge on any atom is -0.480 e. The lowest BCUT2D eigenvalue weighted by Gasteiger charge is -2.18. The molecule has 1 aromatic heterocycles. The molecule has 0 aliphatic rings. The van der Waals surface area contributed by atoms with Gasteiger partial charge in [-0.3, -0.25) is 4.79 Å². The number of anilines is 1. The van der Waals surface area contributed by atoms with Crippen molar-refractivity contribution in [1.82, 2.24) is 15.3 Å². The maximum Gasteiger partial charge on any atom is 0.326 e. The van der Waals surface area contributed by atoms with Gasteiger partial charge in [0, 0.05) is 17.4 Å². The Kier molecular flexibility index (Phi) is 6.85. The molecule has 0 radical (unpaired) electrons. The van der Waals surface area contributed by atoms with Gasteiger partial charge in [0.2, 0.25) is 0 Å². The summed E-state index contributed by atoms with van der Waals surface area (Å²) >= 11 is 0. The first-order valence-corrected chi connectivity index (χ1v) is 9.88. The van der Waals surface area contributed by atoms with Crippen LogP contribution in [0.4, 0.5) is 5.69 Å². The average Bonchev–Trinajstić information content (AvgIpc) is 3.25. The number of hydrogen-bond donors (Lipinski definition) is 4. The highest BCUT2D eigenvalue weighted by Gasteiger charge is 2.23. The number of carbonyl (C=O) groups excluding carboxylic acids is 1. The molecule has 0 bridgehead atoms. The van der Waals surface area contributed by atoms with E-state index in [0.717, 1.165) is 22.5 Å². The summed E-state index contributed by atoms with van der Waals surface area (Å²) < 4.78 is 0. The van der Waals surface area contributed by atoms with E-state index < -0.39 is 17.9 Å². The Bertz CT molecular complexity index is 985. The third-order valence-corrected chi connectivity index (χ3v) is 4.69. The van der Waals surface area contributed by atoms with Gasteiger partial charge in [0.15, 0.2) is 0 Å². The molecular formula is C23H26N4O3. The van der Waals surface area contributed by atoms with Gasteiger partial charge < -0.3 is 20.7 Å². The van der Waals surface area contributed by atoms with Crippen molar-refractivity contribution in [2.75, 3.05) is 5.32 Å². The number of benzene rings is 2. The third kappa shape index (κ3) is 5.47. The Morgan fingerprint density at radius 1 is 1.13 bits per heavy atom. The SMILES string of the molecule is CC(C)C[C@H](NC(=O)c1ccc(NCc2c[nH]cn2)cc1-c1ccccc1)C(=O)O. The van der Waals surface area contributed by atoms with Crippen molar-refractivity contribution in [3.63, 3.8) is 0 Å². The molecule has 0 fully saturated rings. The topological polar surface area (TPSA) is 107 Å². The summed E-state index contributed by atoms with van der Waals surface area (Å²) in [6, 6.07) is 14.1. The van der Waals surface area contributed by atoms with E-state index in [1.165, 1.54) is 0 Å². The fourth-order valence-corrected chi connectivity index (χ4v) is 3.22. The van der Waals surface area contributed by atoms with Gasteiger partial charge in [0.05, 0.1) is 18.6 Å². The van der Waals surface area contributed by atoms with Crippen LogP contribution in [-0.4, -0.2) is 33.0 Å². The second-order valence-electron chi connectivity index (χ2n) is 7.53. The smallest absolute Gasteiger partial charge is 0.326 e. The molecule has 4 N–H and O–H groups in total. The Labute approximate surface area is 175 Å². The molecule has 0 saturated heterocycles. The van der Waals surface area contributed by atoms with Crippen molar-refractivity contribution in [2.24, 2.45) is 5.92 Å². The second kappa shape index (κ2) is 9.73. The molecule has 7 nitrogen and oxygen atoms in total. The minimum absolute atomic E-state index is 0.147. The molecule has 0 aliphatic heterocycles. The van der Waals surface area contributed by atoms with Crippen LogP contribution >= 0.6 is 0 Å². The van der Waals surface area contributed by atoms with Crippen molar-refractivity contribution in [2.45, 2.75) is 32.9 Å². The molecule has 30 heavy (non-hydrogen) atoms. The first-order valence-electron chi connectivity index (χ1n) is 9.88. The summed E-state index contributed by atoms with van der Waals surface area (Å²) in [5, 5.41) is 15.5. The predicted octanol–water partition coefficient (Wildman–Crippen LogP) is 3.92. The molecule has 3 rings (SSSR count). The number of rotatable bonds is 9. The van der Waals surface area contributed by atoms with Crippen LogP contribution in [0.5, 0.6) is 0 Å². The summed E-state index contributed by atoms with van der Waals surface area (Å²) in [7, 11) is 0. The fourth-order valence-electron chi connectivity index (χ4n) is 3.22. The fraction of sp³-hybridized carbons (Fsp3) is 0.261. The van der Waals surface area contributed by atoms with Gasteiger partial charge in [-0.15, -0.1) is 0 Å². The van der Waals surface area contributed by atoms with Crippen molar-refractivity contribution in [3.8, 4) is 11.1 Å². The number of hydrogen-bond acceptors (Lipinski definition) is 4. The number of carboxylic acid groups (broad SMARTS) is 1. The van der Waals surface area contributed by atoms with Crippen molar-refractivity contribution < 1.29 is 14.7 Å². The highest BCUT2D eigenvalue weighted by Crippen LogP contribution is 2.27. The Morgan fingerprint density at radius 3 is 2.53 bits per heavy atom. The van der Waals surface area contributed by atoms with Crippen LogP contribution in [0.1, 0.15) is 36.3 Å². The molecule has 1 atom stereocenters. The van der Waals surface area contributed by atoms with Gasteiger partial charge in [-0.05, 0) is 41.7 Å². The lowest BCUT2D eigenvalue weighted by molar-refractivity contribution is -0.139. The van der Waals surface area contributed by atoms with E-state index in [-0.39, 0.29) is 5.92 Å². The largest absolute Gasteiger partial charge is 0.480 e. The van der Waals surface area contributed by atoms with Crippen molar-refractivity contribution in [3.05, 3.63) is 72.3 Å². The minimum atomic E-state index is -1.03. The standard InChI is InChI=1S/C23H26N4O3/c1-15(2)10-21(23(29)30)27-22(28)19-9-8-17(25-13-18-12-24-14-26-18)11-20(19)16-6-4-3-5-7-16/h3-9,11-12,14-15,21,25H,10,13H2,1-2H3,(H,24,26)(H,27,28)(H,29,30)/t21-/m0/s1. The monoisotopic (exact) mass is 406 g/mol. The van der Waals surface area contributed by atoms with Gasteiger partial charge in [0.1, 0.15) is 6.04 Å². The summed E-state index contributed by atoms with van der Waals surface area (Å²) in [4.78, 5) is 31.7. The normalized spacial score (nSPS) is 11.8. The van der Waals surface area contributed by atoms with E-state index in [2.05, 4.69) is 20.6 Å². The lowest BCUT2D eigenvalue weighted by atomic mass is 9.97. The third-order valence-electron chi connectivity index (χ3n) is 4.69. The number of aliphatic carboxylic acids is 1. The molecule has 156 valence electrons. The molecule has 0 spiro atoms. The lowest BCUT2D eigenvalue weighted by Crippen LogP contribution is -2.41. The number of carbonyl (C=O) groups is 2. The van der Waals surface area contributed by atoms with Gasteiger partial charge in [-0.1, -0.05) is 44.2 Å². The average molecular weight is 406 g/mol. The molecule has 0 unspecified atom stereocenters. The van der Waals surface area contributed by atoms with E-state index in [0.29, 0.717) is 18.5 Å². The molecule has 1 amide bonds. The first kappa shape index (κ1) is 21.1. The number of nitrogens with one attached hydrogen (secondary N) is 3. The number of amides is 1. The van der Waals surface area contributed by atoms with Crippen molar-refractivity contribution >= 4 is 17.6 Å². The van der Waals surface area contributed by atoms with Crippen LogP contribution in [-0.2, 0) is 11.3 Å². The molecule has 0 saturated carbocycles. The quantitative estimate of drug-likeness (QED) is 0.431. The van der Waals surface area contributed by atoms with Gasteiger partial charge >= 0.3 is 5.97 Å². The highest BCUT2D eigenvalue weighted by atomic mass is 16.4. The summed E-state index contributed by atoms with van der Waals surface area (Å²) in [6.45, 7) is 4.40. The molecule has 1 heterocycles. The van der Waals surface area contributed by atoms with Crippen LogP contribution < -0.4 is 10.6 Å². The van der Waals surface area contributed by atoms with E-state index in [4.69, 9.17) is 0 Å². The van der Waals surface area contributed by atoms with E-state index in [9.17, 15) is 14.7 Å². The van der Waals surface area contributed by atoms with E-state index >= 15 is 0 Å². The second-order valence-corrected chi connectivity index (χ2v) is 7.53. The van der Waals surface area contributed by atoms with E-state index in [1.807, 2.05) is 62.5 Å². The van der Waals surface area contributed by atoms with Gasteiger partial charge in [-0.25, -0.2) is 9.78 Å². The van der Waals surface area contributed by atoms with Crippen LogP contribution in [0.15, 0.2) is 61.1 Å². The van der Waals surface area contributed by atoms with Crippen LogP contribution in [0.2, 0.25) is 0 Å². The molecular weight excluding hydrogens is 380 g/mol. The number of H-pyrrole nitrogens is 1. The van der Waals surface area contributed by atoms with Crippen LogP contribution in [0.25, 0.3) is 11.1 Å². The Balaban J connectivity index is 1.88. The van der Waals surface area contributed by atoms with Crippen LogP contribution in [0.3, 0.4) is 0 Å². The molecule has 2 aromatic carbocycles. The number of aromatic nitrogens is 2. The van der Waals surface area contributed by atoms with Gasteiger partial charge in [0.25, 0.3) is 5.91 Å². The zero-order chi connectivity index (χ0) is 21.5. The maximum absolute atomic E-state index is 13.0. The number of aromatic amines is 1. The Hall–Kier alpha value is -3.61. The zero-order valence-corrected chi connectivity index (χ0v) is 17.1. The van der Waals surface area contributed by atoms with E-state index in [1.54, 1.807) is 12.4 Å². The summed E-state index contributed by atoms with van der Waals surface area (Å²) in [5.41, 5.74) is 3.75. The van der Waals surface area contributed by atoms with Crippen molar-refractivity contribution in [1.29, 1.82) is 0 Å². The highest BCUT2D eigenvalue weighted by molar-refractivity contribution is 6.03. The van der Waals surface area contributed by atoms with Crippen LogP contribution in [0, 0.1) is 5.92 Å². The molecule has 7 heteroatoms. The zero-order valence-electron chi connectivity index (χ0n) is 17.1. The summed E-state index contributed by atoms with van der Waals surface area (Å²) in [5.74, 6) is -1.29. The number of imidazole rings is 1. The molecule has 0 aliphatic carbocycles. The molecule has 3 aromatic rings.